The van der Waals surface area contributed by atoms with Crippen molar-refractivity contribution in [3.8, 4) is 22.3 Å². The van der Waals surface area contributed by atoms with Crippen LogP contribution < -0.4 is 0 Å². The Balaban J connectivity index is 1.93. The maximum absolute atomic E-state index is 14.3. The number of nitrogens with zero attached hydrogens (tertiary/aromatic N) is 2. The molecule has 4 rings (SSSR count). The van der Waals surface area contributed by atoms with Crippen LogP contribution in [0.3, 0.4) is 0 Å². The Morgan fingerprint density at radius 2 is 1.00 bits per heavy atom. The van der Waals surface area contributed by atoms with Gasteiger partial charge in [-0.1, -0.05) is 105 Å². The largest absolute Gasteiger partial charge is 0.264 e. The fourth-order valence-electron chi connectivity index (χ4n) is 4.23. The lowest BCUT2D eigenvalue weighted by molar-refractivity contribution is -0.468. The van der Waals surface area contributed by atoms with Gasteiger partial charge in [0.2, 0.25) is 22.9 Å². The molecule has 0 N–H and O–H groups in total. The van der Waals surface area contributed by atoms with Gasteiger partial charge in [-0.2, -0.15) is 0 Å². The first kappa shape index (κ1) is 30.0. The molecule has 0 aliphatic heterocycles. The van der Waals surface area contributed by atoms with E-state index in [0.717, 1.165) is 23.3 Å². The minimum absolute atomic E-state index is 0.210. The van der Waals surface area contributed by atoms with E-state index >= 15 is 0 Å². The van der Waals surface area contributed by atoms with Crippen molar-refractivity contribution in [2.24, 2.45) is 0 Å². The highest BCUT2D eigenvalue weighted by molar-refractivity contribution is 9.11. The predicted octanol–water partition coefficient (Wildman–Crippen LogP) is 7.90. The molecule has 0 amide bonds. The van der Waals surface area contributed by atoms with Gasteiger partial charge in [0.1, 0.15) is 0 Å². The molecule has 208 valence electrons. The number of halogens is 2. The third-order valence-corrected chi connectivity index (χ3v) is 9.45. The highest BCUT2D eigenvalue weighted by atomic mass is 79.9. The normalized spacial score (nSPS) is 12.2. The SMILES string of the molecule is O=[N+]([O-])C/C=C(\c1ccc(Br)c(-c2ccccc2)c1)S(=O)(=O)/C(=C/C[N+](=O)[O-])c1ccc(Br)c(-c2ccccc2)c1. The Labute approximate surface area is 253 Å². The van der Waals surface area contributed by atoms with E-state index in [1.54, 1.807) is 36.4 Å². The molecule has 0 bridgehead atoms. The summed E-state index contributed by atoms with van der Waals surface area (Å²) in [6.45, 7) is -1.52. The van der Waals surface area contributed by atoms with Crippen LogP contribution in [0.1, 0.15) is 11.1 Å². The number of sulfone groups is 1. The van der Waals surface area contributed by atoms with Crippen LogP contribution in [-0.4, -0.2) is 31.4 Å². The molecule has 41 heavy (non-hydrogen) atoms. The van der Waals surface area contributed by atoms with E-state index in [1.807, 2.05) is 60.7 Å². The molecule has 4 aromatic carbocycles. The lowest BCUT2D eigenvalue weighted by Crippen LogP contribution is -2.11. The fourth-order valence-corrected chi connectivity index (χ4v) is 6.88. The van der Waals surface area contributed by atoms with Gasteiger partial charge >= 0.3 is 0 Å². The molecule has 11 heteroatoms. The number of rotatable bonds is 10. The zero-order valence-corrected chi connectivity index (χ0v) is 25.3. The maximum Gasteiger partial charge on any atom is 0.223 e. The first-order valence-corrected chi connectivity index (χ1v) is 15.2. The molecule has 4 aromatic rings. The van der Waals surface area contributed by atoms with Gasteiger partial charge in [0.15, 0.2) is 0 Å². The Hall–Kier alpha value is -3.93. The van der Waals surface area contributed by atoms with Crippen LogP contribution in [0.25, 0.3) is 32.1 Å². The summed E-state index contributed by atoms with van der Waals surface area (Å²) in [4.78, 5) is 20.8. The van der Waals surface area contributed by atoms with Crippen molar-refractivity contribution in [3.63, 3.8) is 0 Å². The Morgan fingerprint density at radius 1 is 0.634 bits per heavy atom. The van der Waals surface area contributed by atoms with E-state index in [9.17, 15) is 28.6 Å². The molecule has 0 radical (unpaired) electrons. The van der Waals surface area contributed by atoms with Crippen molar-refractivity contribution in [2.75, 3.05) is 13.1 Å². The van der Waals surface area contributed by atoms with Gasteiger partial charge in [-0.3, -0.25) is 20.2 Å². The van der Waals surface area contributed by atoms with E-state index in [1.165, 1.54) is 0 Å². The van der Waals surface area contributed by atoms with Crippen LogP contribution in [0, 0.1) is 20.2 Å². The van der Waals surface area contributed by atoms with Gasteiger partial charge in [0, 0.05) is 30.9 Å². The Kier molecular flexibility index (Phi) is 9.64. The summed E-state index contributed by atoms with van der Waals surface area (Å²) in [5.74, 6) is 0. The lowest BCUT2D eigenvalue weighted by Gasteiger charge is -2.16. The van der Waals surface area contributed by atoms with Gasteiger partial charge in [-0.25, -0.2) is 8.42 Å². The van der Waals surface area contributed by atoms with Crippen molar-refractivity contribution in [1.82, 2.24) is 0 Å². The van der Waals surface area contributed by atoms with E-state index < -0.39 is 32.8 Å². The summed E-state index contributed by atoms with van der Waals surface area (Å²) in [6.07, 6.45) is 2.06. The first-order valence-electron chi connectivity index (χ1n) is 12.2. The van der Waals surface area contributed by atoms with Crippen LogP contribution in [0.2, 0.25) is 0 Å². The highest BCUT2D eigenvalue weighted by Gasteiger charge is 2.28. The van der Waals surface area contributed by atoms with Crippen LogP contribution >= 0.6 is 31.9 Å². The van der Waals surface area contributed by atoms with Gasteiger partial charge in [-0.05, 0) is 57.6 Å². The molecule has 0 fully saturated rings. The first-order chi connectivity index (χ1) is 19.6. The van der Waals surface area contributed by atoms with Crippen molar-refractivity contribution < 1.29 is 18.3 Å². The lowest BCUT2D eigenvalue weighted by atomic mass is 10.0. The van der Waals surface area contributed by atoms with E-state index in [-0.39, 0.29) is 20.9 Å². The molecule has 0 saturated carbocycles. The summed E-state index contributed by atoms with van der Waals surface area (Å²) in [5, 5.41) is 22.7. The van der Waals surface area contributed by atoms with Crippen molar-refractivity contribution in [1.29, 1.82) is 0 Å². The summed E-state index contributed by atoms with van der Waals surface area (Å²) < 4.78 is 30.0. The molecule has 0 aliphatic carbocycles. The molecule has 0 unspecified atom stereocenters. The summed E-state index contributed by atoms with van der Waals surface area (Å²) in [7, 11) is -4.50. The summed E-state index contributed by atoms with van der Waals surface area (Å²) >= 11 is 7.01. The standard InChI is InChI=1S/C30H22Br2N2O6S/c31-27-13-11-23(19-25(27)21-7-3-1-4-8-21)29(15-17-33(35)36)41(39,40)30(16-18-34(37)38)24-12-14-28(32)26(20-24)22-9-5-2-6-10-22/h1-16,19-20H,17-18H2/b29-15+,30-16+. The van der Waals surface area contributed by atoms with Crippen LogP contribution in [0.5, 0.6) is 0 Å². The minimum Gasteiger partial charge on any atom is -0.264 e. The summed E-state index contributed by atoms with van der Waals surface area (Å²) in [5.41, 5.74) is 3.38. The van der Waals surface area contributed by atoms with Crippen LogP contribution in [0.15, 0.2) is 118 Å². The Morgan fingerprint density at radius 3 is 1.34 bits per heavy atom. The molecular formula is C30H22Br2N2O6S. The zero-order chi connectivity index (χ0) is 29.6. The minimum atomic E-state index is -4.50. The smallest absolute Gasteiger partial charge is 0.223 e. The van der Waals surface area contributed by atoms with Crippen LogP contribution in [0.4, 0.5) is 0 Å². The van der Waals surface area contributed by atoms with Gasteiger partial charge in [-0.15, -0.1) is 0 Å². The van der Waals surface area contributed by atoms with E-state index in [0.29, 0.717) is 20.1 Å². The number of hydrogen-bond acceptors (Lipinski definition) is 6. The quantitative estimate of drug-likeness (QED) is 0.123. The molecule has 0 aromatic heterocycles. The van der Waals surface area contributed by atoms with Crippen molar-refractivity contribution >= 4 is 51.5 Å². The Bertz CT molecular complexity index is 1650. The number of hydrogen-bond donors (Lipinski definition) is 0. The average Bonchev–Trinajstić information content (AvgIpc) is 2.95. The average molecular weight is 698 g/mol. The van der Waals surface area contributed by atoms with E-state index in [2.05, 4.69) is 31.9 Å². The molecular weight excluding hydrogens is 676 g/mol. The zero-order valence-electron chi connectivity index (χ0n) is 21.3. The number of benzene rings is 4. The molecule has 0 saturated heterocycles. The molecule has 0 atom stereocenters. The molecule has 0 aliphatic rings. The monoisotopic (exact) mass is 696 g/mol. The summed E-state index contributed by atoms with van der Waals surface area (Å²) in [6, 6.07) is 28.2. The molecule has 0 spiro atoms. The number of nitro groups is 2. The van der Waals surface area contributed by atoms with E-state index in [4.69, 9.17) is 0 Å². The second kappa shape index (κ2) is 13.2. The van der Waals surface area contributed by atoms with Crippen LogP contribution in [-0.2, 0) is 9.84 Å². The topological polar surface area (TPSA) is 120 Å². The third kappa shape index (κ3) is 7.24. The molecule has 0 heterocycles. The fraction of sp³-hybridized carbons (Fsp3) is 0.0667. The predicted molar refractivity (Wildman–Crippen MR) is 168 cm³/mol. The van der Waals surface area contributed by atoms with Crippen molar-refractivity contribution in [3.05, 3.63) is 150 Å². The second-order valence-electron chi connectivity index (χ2n) is 8.79. The molecule has 8 nitrogen and oxygen atoms in total. The highest BCUT2D eigenvalue weighted by Crippen LogP contribution is 2.39. The van der Waals surface area contributed by atoms with Gasteiger partial charge in [0.05, 0.1) is 9.81 Å². The van der Waals surface area contributed by atoms with Gasteiger partial charge in [0.25, 0.3) is 0 Å². The second-order valence-corrected chi connectivity index (χ2v) is 12.4. The van der Waals surface area contributed by atoms with Crippen molar-refractivity contribution in [2.45, 2.75) is 0 Å². The maximum atomic E-state index is 14.3. The third-order valence-electron chi connectivity index (χ3n) is 6.10. The van der Waals surface area contributed by atoms with Gasteiger partial charge < -0.3 is 0 Å².